The van der Waals surface area contributed by atoms with Crippen molar-refractivity contribution in [3.63, 3.8) is 0 Å². The van der Waals surface area contributed by atoms with Gasteiger partial charge in [-0.05, 0) is 28.8 Å². The van der Waals surface area contributed by atoms with Gasteiger partial charge in [-0.1, -0.05) is 36.4 Å². The zero-order chi connectivity index (χ0) is 13.3. The lowest BCUT2D eigenvalue weighted by molar-refractivity contribution is -0.0380. The average molecular weight is 257 g/mol. The van der Waals surface area contributed by atoms with Gasteiger partial charge in [-0.25, -0.2) is 4.39 Å². The standard InChI is InChI=1S/C16H16FNO/c17-15-6-4-13(5-7-15)16(10-19-11-16)14-3-1-2-12(8-14)9-18/h1-8H,9-11,18H2. The topological polar surface area (TPSA) is 35.2 Å². The molecule has 19 heavy (non-hydrogen) atoms. The summed E-state index contributed by atoms with van der Waals surface area (Å²) >= 11 is 0. The Morgan fingerprint density at radius 3 is 2.37 bits per heavy atom. The third-order valence-corrected chi connectivity index (χ3v) is 3.81. The van der Waals surface area contributed by atoms with Gasteiger partial charge in [-0.15, -0.1) is 0 Å². The maximum Gasteiger partial charge on any atom is 0.123 e. The highest BCUT2D eigenvalue weighted by atomic mass is 19.1. The van der Waals surface area contributed by atoms with E-state index in [1.807, 2.05) is 24.3 Å². The highest BCUT2D eigenvalue weighted by Crippen LogP contribution is 2.39. The van der Waals surface area contributed by atoms with E-state index in [4.69, 9.17) is 10.5 Å². The minimum Gasteiger partial charge on any atom is -0.379 e. The van der Waals surface area contributed by atoms with Crippen LogP contribution >= 0.6 is 0 Å². The molecule has 2 aromatic rings. The van der Waals surface area contributed by atoms with E-state index in [-0.39, 0.29) is 11.2 Å². The van der Waals surface area contributed by atoms with Crippen LogP contribution in [-0.4, -0.2) is 13.2 Å². The van der Waals surface area contributed by atoms with Crippen LogP contribution in [0.5, 0.6) is 0 Å². The van der Waals surface area contributed by atoms with Gasteiger partial charge < -0.3 is 10.5 Å². The first-order valence-electron chi connectivity index (χ1n) is 6.38. The molecule has 0 spiro atoms. The maximum atomic E-state index is 13.1. The summed E-state index contributed by atoms with van der Waals surface area (Å²) in [6, 6.07) is 14.9. The molecule has 1 fully saturated rings. The van der Waals surface area contributed by atoms with Crippen LogP contribution in [0.1, 0.15) is 16.7 Å². The van der Waals surface area contributed by atoms with E-state index in [1.54, 1.807) is 0 Å². The predicted octanol–water partition coefficient (Wildman–Crippen LogP) is 2.60. The molecule has 0 aromatic heterocycles. The first-order chi connectivity index (χ1) is 9.24. The lowest BCUT2D eigenvalue weighted by Crippen LogP contribution is -2.47. The van der Waals surface area contributed by atoms with Crippen molar-refractivity contribution in [2.75, 3.05) is 13.2 Å². The van der Waals surface area contributed by atoms with E-state index in [9.17, 15) is 4.39 Å². The van der Waals surface area contributed by atoms with E-state index in [2.05, 4.69) is 12.1 Å². The normalized spacial score (nSPS) is 16.9. The molecule has 2 aromatic carbocycles. The molecular weight excluding hydrogens is 241 g/mol. The molecule has 0 amide bonds. The van der Waals surface area contributed by atoms with Crippen LogP contribution in [0.3, 0.4) is 0 Å². The SMILES string of the molecule is NCc1cccc(C2(c3ccc(F)cc3)COC2)c1. The molecule has 0 atom stereocenters. The van der Waals surface area contributed by atoms with Gasteiger partial charge in [0.15, 0.2) is 0 Å². The number of ether oxygens (including phenoxy) is 1. The van der Waals surface area contributed by atoms with Crippen molar-refractivity contribution < 1.29 is 9.13 Å². The summed E-state index contributed by atoms with van der Waals surface area (Å²) in [7, 11) is 0. The summed E-state index contributed by atoms with van der Waals surface area (Å²) in [5.74, 6) is -0.213. The molecule has 0 bridgehead atoms. The molecule has 98 valence electrons. The summed E-state index contributed by atoms with van der Waals surface area (Å²) in [5, 5.41) is 0. The molecule has 1 aliphatic heterocycles. The number of halogens is 1. The first-order valence-corrected chi connectivity index (χ1v) is 6.38. The minimum absolute atomic E-state index is 0.154. The molecular formula is C16H16FNO. The van der Waals surface area contributed by atoms with Gasteiger partial charge in [0.1, 0.15) is 5.82 Å². The van der Waals surface area contributed by atoms with E-state index in [1.165, 1.54) is 17.7 Å². The van der Waals surface area contributed by atoms with Crippen LogP contribution < -0.4 is 5.73 Å². The monoisotopic (exact) mass is 257 g/mol. The molecule has 1 aliphatic rings. The summed E-state index contributed by atoms with van der Waals surface area (Å²) in [5.41, 5.74) is 8.93. The van der Waals surface area contributed by atoms with Crippen LogP contribution in [0.4, 0.5) is 4.39 Å². The fourth-order valence-electron chi connectivity index (χ4n) is 2.57. The maximum absolute atomic E-state index is 13.1. The van der Waals surface area contributed by atoms with E-state index in [0.717, 1.165) is 11.1 Å². The van der Waals surface area contributed by atoms with Crippen molar-refractivity contribution in [1.82, 2.24) is 0 Å². The molecule has 0 radical (unpaired) electrons. The van der Waals surface area contributed by atoms with Crippen LogP contribution in [-0.2, 0) is 16.7 Å². The highest BCUT2D eigenvalue weighted by Gasteiger charge is 2.42. The highest BCUT2D eigenvalue weighted by molar-refractivity contribution is 5.43. The van der Waals surface area contributed by atoms with Crippen LogP contribution in [0.25, 0.3) is 0 Å². The minimum atomic E-state index is -0.213. The smallest absolute Gasteiger partial charge is 0.123 e. The predicted molar refractivity (Wildman–Crippen MR) is 72.3 cm³/mol. The van der Waals surface area contributed by atoms with Gasteiger partial charge in [-0.3, -0.25) is 0 Å². The Morgan fingerprint density at radius 1 is 1.05 bits per heavy atom. The van der Waals surface area contributed by atoms with Crippen LogP contribution in [0, 0.1) is 5.82 Å². The molecule has 3 heteroatoms. The van der Waals surface area contributed by atoms with Gasteiger partial charge >= 0.3 is 0 Å². The molecule has 1 heterocycles. The number of hydrogen-bond acceptors (Lipinski definition) is 2. The molecule has 0 aliphatic carbocycles. The molecule has 0 unspecified atom stereocenters. The second kappa shape index (κ2) is 4.76. The fraction of sp³-hybridized carbons (Fsp3) is 0.250. The van der Waals surface area contributed by atoms with Crippen molar-refractivity contribution in [3.8, 4) is 0 Å². The quantitative estimate of drug-likeness (QED) is 0.917. The summed E-state index contributed by atoms with van der Waals surface area (Å²) in [6.07, 6.45) is 0. The first kappa shape index (κ1) is 12.3. The number of hydrogen-bond donors (Lipinski definition) is 1. The van der Waals surface area contributed by atoms with Crippen molar-refractivity contribution in [3.05, 3.63) is 71.0 Å². The van der Waals surface area contributed by atoms with Gasteiger partial charge in [0.05, 0.1) is 18.6 Å². The van der Waals surface area contributed by atoms with Crippen molar-refractivity contribution >= 4 is 0 Å². The van der Waals surface area contributed by atoms with Gasteiger partial charge in [0.25, 0.3) is 0 Å². The third kappa shape index (κ3) is 2.05. The van der Waals surface area contributed by atoms with Crippen LogP contribution in [0.2, 0.25) is 0 Å². The Morgan fingerprint density at radius 2 is 1.79 bits per heavy atom. The fourth-order valence-corrected chi connectivity index (χ4v) is 2.57. The summed E-state index contributed by atoms with van der Waals surface area (Å²) in [6.45, 7) is 1.79. The molecule has 1 saturated heterocycles. The zero-order valence-electron chi connectivity index (χ0n) is 10.6. The van der Waals surface area contributed by atoms with Gasteiger partial charge in [0.2, 0.25) is 0 Å². The van der Waals surface area contributed by atoms with Crippen molar-refractivity contribution in [2.24, 2.45) is 5.73 Å². The van der Waals surface area contributed by atoms with Crippen LogP contribution in [0.15, 0.2) is 48.5 Å². The second-order valence-corrected chi connectivity index (χ2v) is 4.99. The average Bonchev–Trinajstić information content (AvgIpc) is 2.40. The van der Waals surface area contributed by atoms with E-state index >= 15 is 0 Å². The second-order valence-electron chi connectivity index (χ2n) is 4.99. The molecule has 2 nitrogen and oxygen atoms in total. The lowest BCUT2D eigenvalue weighted by Gasteiger charge is -2.42. The number of rotatable bonds is 3. The largest absolute Gasteiger partial charge is 0.379 e. The lowest BCUT2D eigenvalue weighted by atomic mass is 9.72. The Kier molecular flexibility index (Phi) is 3.09. The zero-order valence-corrected chi connectivity index (χ0v) is 10.6. The molecule has 3 rings (SSSR count). The van der Waals surface area contributed by atoms with Crippen molar-refractivity contribution in [2.45, 2.75) is 12.0 Å². The molecule has 2 N–H and O–H groups in total. The summed E-state index contributed by atoms with van der Waals surface area (Å²) in [4.78, 5) is 0. The summed E-state index contributed by atoms with van der Waals surface area (Å²) < 4.78 is 18.5. The Hall–Kier alpha value is -1.71. The Balaban J connectivity index is 2.05. The van der Waals surface area contributed by atoms with Gasteiger partial charge in [-0.2, -0.15) is 0 Å². The Labute approximate surface area is 112 Å². The van der Waals surface area contributed by atoms with E-state index < -0.39 is 0 Å². The number of nitrogens with two attached hydrogens (primary N) is 1. The van der Waals surface area contributed by atoms with Crippen molar-refractivity contribution in [1.29, 1.82) is 0 Å². The molecule has 0 saturated carbocycles. The Bertz CT molecular complexity index is 576. The number of benzene rings is 2. The van der Waals surface area contributed by atoms with E-state index in [0.29, 0.717) is 19.8 Å². The third-order valence-electron chi connectivity index (χ3n) is 3.81. The van der Waals surface area contributed by atoms with Gasteiger partial charge in [0, 0.05) is 6.54 Å².